The fraction of sp³-hybridized carbons (Fsp3) is 0.500. The van der Waals surface area contributed by atoms with Crippen molar-refractivity contribution < 1.29 is 15.0 Å². The number of thioether (sulfide) groups is 1. The van der Waals surface area contributed by atoms with Gasteiger partial charge in [-0.2, -0.15) is 0 Å². The summed E-state index contributed by atoms with van der Waals surface area (Å²) in [4.78, 5) is 14.7. The van der Waals surface area contributed by atoms with E-state index in [4.69, 9.17) is 5.11 Å². The Bertz CT molecular complexity index is 374. The van der Waals surface area contributed by atoms with E-state index in [-0.39, 0.29) is 5.56 Å². The molecule has 0 aromatic carbocycles. The van der Waals surface area contributed by atoms with Crippen LogP contribution in [0.5, 0.6) is 0 Å². The highest BCUT2D eigenvalue weighted by atomic mass is 32.2. The van der Waals surface area contributed by atoms with Gasteiger partial charge in [-0.05, 0) is 25.0 Å². The summed E-state index contributed by atoms with van der Waals surface area (Å²) in [6.07, 6.45) is 2.73. The zero-order valence-electron chi connectivity index (χ0n) is 10.0. The predicted octanol–water partition coefficient (Wildman–Crippen LogP) is 2.42. The minimum absolute atomic E-state index is 0.176. The van der Waals surface area contributed by atoms with E-state index in [9.17, 15) is 9.90 Å². The summed E-state index contributed by atoms with van der Waals surface area (Å²) in [6.45, 7) is 3.90. The van der Waals surface area contributed by atoms with E-state index in [0.29, 0.717) is 18.6 Å². The highest BCUT2D eigenvalue weighted by Crippen LogP contribution is 2.25. The van der Waals surface area contributed by atoms with Crippen LogP contribution in [0.3, 0.4) is 0 Å². The second-order valence-corrected chi connectivity index (χ2v) is 4.91. The molecule has 17 heavy (non-hydrogen) atoms. The zero-order valence-corrected chi connectivity index (χ0v) is 10.8. The number of rotatable bonds is 6. The van der Waals surface area contributed by atoms with Gasteiger partial charge in [0.25, 0.3) is 0 Å². The van der Waals surface area contributed by atoms with Gasteiger partial charge in [0.2, 0.25) is 0 Å². The third kappa shape index (κ3) is 4.02. The number of carbonyl (C=O) groups is 1. The minimum Gasteiger partial charge on any atom is -0.478 e. The molecule has 1 aromatic heterocycles. The number of carboxylic acid groups (broad SMARTS) is 1. The van der Waals surface area contributed by atoms with E-state index < -0.39 is 11.6 Å². The van der Waals surface area contributed by atoms with Crippen molar-refractivity contribution in [2.45, 2.75) is 37.3 Å². The lowest BCUT2D eigenvalue weighted by atomic mass is 10.0. The summed E-state index contributed by atoms with van der Waals surface area (Å²) in [5.74, 6) is -0.410. The summed E-state index contributed by atoms with van der Waals surface area (Å²) in [5.41, 5.74) is -0.492. The number of nitrogens with zero attached hydrogens (tertiary/aromatic N) is 1. The van der Waals surface area contributed by atoms with E-state index in [1.54, 1.807) is 6.07 Å². The van der Waals surface area contributed by atoms with Crippen molar-refractivity contribution in [3.05, 3.63) is 23.9 Å². The smallest absolute Gasteiger partial charge is 0.337 e. The lowest BCUT2D eigenvalue weighted by Crippen LogP contribution is -2.29. The molecule has 1 heterocycles. The predicted molar refractivity (Wildman–Crippen MR) is 67.5 cm³/mol. The van der Waals surface area contributed by atoms with Crippen LogP contribution < -0.4 is 0 Å². The van der Waals surface area contributed by atoms with Gasteiger partial charge in [0.15, 0.2) is 0 Å². The van der Waals surface area contributed by atoms with Crippen molar-refractivity contribution in [2.24, 2.45) is 0 Å². The molecule has 2 N–H and O–H groups in total. The molecule has 1 rings (SSSR count). The van der Waals surface area contributed by atoms with Crippen LogP contribution in [0.2, 0.25) is 0 Å². The maximum atomic E-state index is 10.6. The maximum Gasteiger partial charge on any atom is 0.337 e. The first-order chi connectivity index (χ1) is 8.00. The Kier molecular flexibility index (Phi) is 4.96. The quantitative estimate of drug-likeness (QED) is 0.764. The van der Waals surface area contributed by atoms with Crippen molar-refractivity contribution in [3.63, 3.8) is 0 Å². The second kappa shape index (κ2) is 6.02. The van der Waals surface area contributed by atoms with Crippen LogP contribution in [-0.2, 0) is 0 Å². The van der Waals surface area contributed by atoms with Crippen LogP contribution in [0.15, 0.2) is 23.4 Å². The van der Waals surface area contributed by atoms with Crippen LogP contribution in [-0.4, -0.2) is 32.5 Å². The number of aliphatic hydroxyl groups is 1. The van der Waals surface area contributed by atoms with Gasteiger partial charge in [-0.1, -0.05) is 13.8 Å². The Labute approximate surface area is 105 Å². The van der Waals surface area contributed by atoms with Crippen LogP contribution in [0.1, 0.15) is 37.0 Å². The molecular formula is C12H17NO3S. The van der Waals surface area contributed by atoms with E-state index in [1.807, 2.05) is 13.8 Å². The van der Waals surface area contributed by atoms with Crippen molar-refractivity contribution in [2.75, 3.05) is 5.75 Å². The van der Waals surface area contributed by atoms with Gasteiger partial charge >= 0.3 is 5.97 Å². The highest BCUT2D eigenvalue weighted by molar-refractivity contribution is 7.99. The van der Waals surface area contributed by atoms with Gasteiger partial charge in [0.1, 0.15) is 0 Å². The molecule has 0 aliphatic carbocycles. The lowest BCUT2D eigenvalue weighted by molar-refractivity contribution is 0.0571. The monoisotopic (exact) mass is 255 g/mol. The first-order valence-corrected chi connectivity index (χ1v) is 6.54. The molecule has 0 saturated heterocycles. The average molecular weight is 255 g/mol. The van der Waals surface area contributed by atoms with E-state index in [0.717, 1.165) is 5.03 Å². The molecule has 0 atom stereocenters. The standard InChI is InChI=1S/C12H17NO3S/c1-3-12(16,4-2)8-17-10-6-5-9(7-13-10)11(14)15/h5-7,16H,3-4,8H2,1-2H3,(H,14,15). The summed E-state index contributed by atoms with van der Waals surface area (Å²) in [6, 6.07) is 3.19. The molecule has 5 heteroatoms. The molecule has 0 aliphatic rings. The third-order valence-electron chi connectivity index (χ3n) is 2.79. The van der Waals surface area contributed by atoms with Crippen molar-refractivity contribution in [1.29, 1.82) is 0 Å². The van der Waals surface area contributed by atoms with Crippen molar-refractivity contribution >= 4 is 17.7 Å². The second-order valence-electron chi connectivity index (χ2n) is 3.91. The van der Waals surface area contributed by atoms with E-state index >= 15 is 0 Å². The third-order valence-corrected chi connectivity index (χ3v) is 4.01. The molecule has 0 spiro atoms. The maximum absolute atomic E-state index is 10.6. The normalized spacial score (nSPS) is 11.5. The molecule has 0 fully saturated rings. The molecule has 0 amide bonds. The largest absolute Gasteiger partial charge is 0.478 e. The number of aromatic nitrogens is 1. The Morgan fingerprint density at radius 1 is 1.41 bits per heavy atom. The fourth-order valence-corrected chi connectivity index (χ4v) is 2.37. The molecule has 0 unspecified atom stereocenters. The van der Waals surface area contributed by atoms with Crippen LogP contribution in [0.4, 0.5) is 0 Å². The van der Waals surface area contributed by atoms with Gasteiger partial charge < -0.3 is 10.2 Å². The van der Waals surface area contributed by atoms with Gasteiger partial charge in [0, 0.05) is 11.9 Å². The van der Waals surface area contributed by atoms with Crippen LogP contribution >= 0.6 is 11.8 Å². The van der Waals surface area contributed by atoms with Gasteiger partial charge in [-0.15, -0.1) is 11.8 Å². The summed E-state index contributed by atoms with van der Waals surface area (Å²) < 4.78 is 0. The zero-order chi connectivity index (χ0) is 12.9. The first-order valence-electron chi connectivity index (χ1n) is 5.55. The van der Waals surface area contributed by atoms with E-state index in [2.05, 4.69) is 4.98 Å². The topological polar surface area (TPSA) is 70.4 Å². The highest BCUT2D eigenvalue weighted by Gasteiger charge is 2.22. The van der Waals surface area contributed by atoms with Crippen LogP contribution in [0.25, 0.3) is 0 Å². The van der Waals surface area contributed by atoms with Crippen molar-refractivity contribution in [3.8, 4) is 0 Å². The molecule has 0 bridgehead atoms. The van der Waals surface area contributed by atoms with E-state index in [1.165, 1.54) is 24.0 Å². The number of pyridine rings is 1. The molecule has 4 nitrogen and oxygen atoms in total. The molecule has 0 saturated carbocycles. The lowest BCUT2D eigenvalue weighted by Gasteiger charge is -2.24. The van der Waals surface area contributed by atoms with Crippen molar-refractivity contribution in [1.82, 2.24) is 4.98 Å². The van der Waals surface area contributed by atoms with Crippen LogP contribution in [0, 0.1) is 0 Å². The Morgan fingerprint density at radius 3 is 2.47 bits per heavy atom. The molecule has 1 aromatic rings. The Balaban J connectivity index is 2.61. The summed E-state index contributed by atoms with van der Waals surface area (Å²) in [5, 5.41) is 19.5. The fourth-order valence-electron chi connectivity index (χ4n) is 1.25. The number of aromatic carboxylic acids is 1. The minimum atomic E-state index is -0.979. The SMILES string of the molecule is CCC(O)(CC)CSc1ccc(C(=O)O)cn1. The molecule has 0 radical (unpaired) electrons. The summed E-state index contributed by atoms with van der Waals surface area (Å²) >= 11 is 1.44. The Morgan fingerprint density at radius 2 is 2.06 bits per heavy atom. The molecular weight excluding hydrogens is 238 g/mol. The van der Waals surface area contributed by atoms with Gasteiger partial charge in [0.05, 0.1) is 16.2 Å². The molecule has 94 valence electrons. The molecule has 0 aliphatic heterocycles. The summed E-state index contributed by atoms with van der Waals surface area (Å²) in [7, 11) is 0. The average Bonchev–Trinajstić information content (AvgIpc) is 2.36. The number of carboxylic acids is 1. The van der Waals surface area contributed by atoms with Gasteiger partial charge in [-0.25, -0.2) is 9.78 Å². The Hall–Kier alpha value is -1.07. The number of hydrogen-bond acceptors (Lipinski definition) is 4. The number of hydrogen-bond donors (Lipinski definition) is 2. The first kappa shape index (κ1) is 14.0. The van der Waals surface area contributed by atoms with Gasteiger partial charge in [-0.3, -0.25) is 0 Å².